The molecule has 0 saturated heterocycles. The Morgan fingerprint density at radius 3 is 2.95 bits per heavy atom. The second-order valence-corrected chi connectivity index (χ2v) is 5.79. The van der Waals surface area contributed by atoms with Gasteiger partial charge in [-0.2, -0.15) is 0 Å². The number of rotatable bonds is 4. The van der Waals surface area contributed by atoms with E-state index in [1.165, 1.54) is 22.0 Å². The molecule has 7 heteroatoms. The maximum absolute atomic E-state index is 12.0. The molecule has 2 aliphatic carbocycles. The fourth-order valence-corrected chi connectivity index (χ4v) is 3.40. The van der Waals surface area contributed by atoms with Crippen LogP contribution >= 0.6 is 0 Å². The van der Waals surface area contributed by atoms with Crippen LogP contribution in [0.5, 0.6) is 0 Å². The molecule has 3 unspecified atom stereocenters. The van der Waals surface area contributed by atoms with E-state index in [0.717, 1.165) is 6.42 Å². The molecule has 2 aromatic rings. The largest absolute Gasteiger partial charge is 0.476 e. The monoisotopic (exact) mass is 298 g/mol. The third-order valence-electron chi connectivity index (χ3n) is 4.43. The van der Waals surface area contributed by atoms with E-state index in [4.69, 9.17) is 5.11 Å². The van der Waals surface area contributed by atoms with Crippen molar-refractivity contribution in [3.63, 3.8) is 0 Å². The summed E-state index contributed by atoms with van der Waals surface area (Å²) in [6.07, 6.45) is 2.27. The topological polar surface area (TPSA) is 97.1 Å². The van der Waals surface area contributed by atoms with E-state index in [-0.39, 0.29) is 24.2 Å². The zero-order valence-corrected chi connectivity index (χ0v) is 11.6. The first-order chi connectivity index (χ1) is 10.6. The van der Waals surface area contributed by atoms with E-state index >= 15 is 0 Å². The van der Waals surface area contributed by atoms with Gasteiger partial charge in [0.1, 0.15) is 6.54 Å². The van der Waals surface area contributed by atoms with Crippen LogP contribution in [0.2, 0.25) is 0 Å². The van der Waals surface area contributed by atoms with Crippen LogP contribution in [0.3, 0.4) is 0 Å². The van der Waals surface area contributed by atoms with E-state index in [1.54, 1.807) is 0 Å². The molecular formula is C15H14N4O3. The van der Waals surface area contributed by atoms with Crippen molar-refractivity contribution >= 4 is 11.9 Å². The number of hydrogen-bond acceptors (Lipinski definition) is 4. The van der Waals surface area contributed by atoms with Crippen LogP contribution in [-0.2, 0) is 17.8 Å². The van der Waals surface area contributed by atoms with Crippen LogP contribution in [0.25, 0.3) is 0 Å². The van der Waals surface area contributed by atoms with Crippen molar-refractivity contribution in [3.8, 4) is 0 Å². The molecule has 1 aromatic carbocycles. The molecular weight excluding hydrogens is 284 g/mol. The summed E-state index contributed by atoms with van der Waals surface area (Å²) in [7, 11) is 0. The molecule has 1 saturated carbocycles. The average Bonchev–Trinajstić information content (AvgIpc) is 2.89. The minimum Gasteiger partial charge on any atom is -0.476 e. The third-order valence-corrected chi connectivity index (χ3v) is 4.43. The number of fused-ring (bicyclic) bond motifs is 3. The number of nitrogens with one attached hydrogen (secondary N) is 1. The van der Waals surface area contributed by atoms with Crippen LogP contribution in [0.1, 0.15) is 27.5 Å². The van der Waals surface area contributed by atoms with Crippen molar-refractivity contribution in [1.29, 1.82) is 0 Å². The molecule has 1 amide bonds. The number of hydrogen-bond donors (Lipinski definition) is 2. The lowest BCUT2D eigenvalue weighted by Crippen LogP contribution is -2.32. The molecule has 0 bridgehead atoms. The maximum atomic E-state index is 12.0. The predicted molar refractivity (Wildman–Crippen MR) is 75.3 cm³/mol. The first kappa shape index (κ1) is 13.0. The highest BCUT2D eigenvalue weighted by atomic mass is 16.4. The van der Waals surface area contributed by atoms with Gasteiger partial charge in [-0.15, -0.1) is 5.10 Å². The summed E-state index contributed by atoms with van der Waals surface area (Å²) in [6.45, 7) is -0.0160. The summed E-state index contributed by atoms with van der Waals surface area (Å²) >= 11 is 0. The first-order valence-electron chi connectivity index (χ1n) is 7.14. The van der Waals surface area contributed by atoms with Gasteiger partial charge in [0.05, 0.1) is 6.20 Å². The molecule has 7 nitrogen and oxygen atoms in total. The standard InChI is InChI=1S/C15H14N4O3/c20-12(7-19-6-11(15(21)22)17-18-19)16-14-10-5-8-3-1-2-4-9(8)13(10)14/h1-4,6,10,13-14H,5,7H2,(H,16,20)(H,21,22). The smallest absolute Gasteiger partial charge is 0.358 e. The van der Waals surface area contributed by atoms with E-state index in [0.29, 0.717) is 11.8 Å². The number of nitrogens with zero attached hydrogens (tertiary/aromatic N) is 3. The first-order valence-corrected chi connectivity index (χ1v) is 7.14. The van der Waals surface area contributed by atoms with Gasteiger partial charge in [-0.3, -0.25) is 4.79 Å². The predicted octanol–water partition coefficient (Wildman–Crippen LogP) is 0.431. The summed E-state index contributed by atoms with van der Waals surface area (Å²) in [4.78, 5) is 22.8. The highest BCUT2D eigenvalue weighted by molar-refractivity contribution is 5.84. The van der Waals surface area contributed by atoms with Gasteiger partial charge >= 0.3 is 5.97 Å². The lowest BCUT2D eigenvalue weighted by molar-refractivity contribution is -0.122. The zero-order chi connectivity index (χ0) is 15.3. The fourth-order valence-electron chi connectivity index (χ4n) is 3.40. The van der Waals surface area contributed by atoms with Gasteiger partial charge in [-0.05, 0) is 23.5 Å². The maximum Gasteiger partial charge on any atom is 0.358 e. The van der Waals surface area contributed by atoms with E-state index in [9.17, 15) is 9.59 Å². The minimum absolute atomic E-state index is 0.0160. The second kappa shape index (κ2) is 4.66. The number of carbonyl (C=O) groups is 2. The summed E-state index contributed by atoms with van der Waals surface area (Å²) < 4.78 is 1.24. The lowest BCUT2D eigenvalue weighted by Gasteiger charge is -2.09. The van der Waals surface area contributed by atoms with Gasteiger partial charge in [0.2, 0.25) is 5.91 Å². The van der Waals surface area contributed by atoms with Crippen LogP contribution in [0.4, 0.5) is 0 Å². The van der Waals surface area contributed by atoms with Crippen LogP contribution in [0.15, 0.2) is 30.5 Å². The van der Waals surface area contributed by atoms with E-state index in [1.807, 2.05) is 12.1 Å². The number of carboxylic acid groups (broad SMARTS) is 1. The molecule has 2 N–H and O–H groups in total. The highest BCUT2D eigenvalue weighted by Gasteiger charge is 2.56. The number of aromatic carboxylic acids is 1. The number of amides is 1. The highest BCUT2D eigenvalue weighted by Crippen LogP contribution is 2.56. The van der Waals surface area contributed by atoms with Gasteiger partial charge < -0.3 is 10.4 Å². The van der Waals surface area contributed by atoms with Gasteiger partial charge in [-0.25, -0.2) is 9.48 Å². The van der Waals surface area contributed by atoms with Gasteiger partial charge in [0.25, 0.3) is 0 Å². The Balaban J connectivity index is 1.37. The van der Waals surface area contributed by atoms with Crippen LogP contribution in [0, 0.1) is 5.92 Å². The number of carboxylic acids is 1. The molecule has 2 aliphatic rings. The van der Waals surface area contributed by atoms with Crippen LogP contribution < -0.4 is 5.32 Å². The lowest BCUT2D eigenvalue weighted by atomic mass is 10.1. The normalized spacial score (nSPS) is 24.5. The minimum atomic E-state index is -1.15. The Bertz CT molecular complexity index is 770. The molecule has 0 aliphatic heterocycles. The molecule has 22 heavy (non-hydrogen) atoms. The summed E-state index contributed by atoms with van der Waals surface area (Å²) in [6, 6.07) is 8.53. The van der Waals surface area contributed by atoms with Crippen molar-refractivity contribution in [2.75, 3.05) is 0 Å². The molecule has 0 radical (unpaired) electrons. The molecule has 112 valence electrons. The Kier molecular flexibility index (Phi) is 2.75. The van der Waals surface area contributed by atoms with Crippen molar-refractivity contribution in [1.82, 2.24) is 20.3 Å². The molecule has 3 atom stereocenters. The van der Waals surface area contributed by atoms with Crippen molar-refractivity contribution in [3.05, 3.63) is 47.3 Å². The summed E-state index contributed by atoms with van der Waals surface area (Å²) in [5.74, 6) is -0.407. The number of carbonyl (C=O) groups excluding carboxylic acids is 1. The molecule has 1 aromatic heterocycles. The SMILES string of the molecule is O=C(Cn1cc(C(=O)O)nn1)NC1C2Cc3ccccc3C21. The van der Waals surface area contributed by atoms with Crippen molar-refractivity contribution in [2.45, 2.75) is 24.9 Å². The molecule has 1 fully saturated rings. The van der Waals surface area contributed by atoms with Crippen molar-refractivity contribution in [2.24, 2.45) is 5.92 Å². The number of benzene rings is 1. The second-order valence-electron chi connectivity index (χ2n) is 5.79. The third kappa shape index (κ3) is 2.05. The summed E-state index contributed by atoms with van der Waals surface area (Å²) in [5.41, 5.74) is 2.56. The van der Waals surface area contributed by atoms with Gasteiger partial charge in [0.15, 0.2) is 5.69 Å². The molecule has 1 heterocycles. The quantitative estimate of drug-likeness (QED) is 0.853. The van der Waals surface area contributed by atoms with E-state index in [2.05, 4.69) is 27.8 Å². The number of aromatic nitrogens is 3. The average molecular weight is 298 g/mol. The Morgan fingerprint density at radius 1 is 1.36 bits per heavy atom. The Labute approximate surface area is 125 Å². The molecule has 4 rings (SSSR count). The summed E-state index contributed by atoms with van der Waals surface area (Å²) in [5, 5.41) is 18.9. The van der Waals surface area contributed by atoms with Gasteiger partial charge in [-0.1, -0.05) is 29.5 Å². The zero-order valence-electron chi connectivity index (χ0n) is 11.6. The van der Waals surface area contributed by atoms with E-state index < -0.39 is 5.97 Å². The van der Waals surface area contributed by atoms with Crippen LogP contribution in [-0.4, -0.2) is 38.0 Å². The molecule has 0 spiro atoms. The van der Waals surface area contributed by atoms with Crippen molar-refractivity contribution < 1.29 is 14.7 Å². The van der Waals surface area contributed by atoms with Gasteiger partial charge in [0, 0.05) is 12.0 Å². The Morgan fingerprint density at radius 2 is 2.18 bits per heavy atom. The Hall–Kier alpha value is -2.70. The fraction of sp³-hybridized carbons (Fsp3) is 0.333.